The molecule has 2 N–H and O–H groups in total. The summed E-state index contributed by atoms with van der Waals surface area (Å²) in [7, 11) is 0. The Kier molecular flexibility index (Phi) is 5.80. The Balaban J connectivity index is 1.77. The number of pyridine rings is 2. The zero-order valence-corrected chi connectivity index (χ0v) is 19.4. The summed E-state index contributed by atoms with van der Waals surface area (Å²) in [6.07, 6.45) is 1.51. The molecule has 1 aliphatic heterocycles. The number of nitrogens with zero attached hydrogens (tertiary/aromatic N) is 4. The van der Waals surface area contributed by atoms with Crippen LogP contribution in [0.25, 0.3) is 11.3 Å². The molecule has 0 aliphatic carbocycles. The number of aryl methyl sites for hydroxylation is 1. The summed E-state index contributed by atoms with van der Waals surface area (Å²) in [5.74, 6) is -2.85. The molecule has 0 saturated heterocycles. The Labute approximate surface area is 195 Å². The second kappa shape index (κ2) is 8.47. The first-order valence-electron chi connectivity index (χ1n) is 10.5. The summed E-state index contributed by atoms with van der Waals surface area (Å²) in [5, 5.41) is 5.65. The second-order valence-corrected chi connectivity index (χ2v) is 8.68. The number of rotatable bonds is 5. The van der Waals surface area contributed by atoms with E-state index in [2.05, 4.69) is 30.6 Å². The van der Waals surface area contributed by atoms with Crippen molar-refractivity contribution in [1.82, 2.24) is 19.9 Å². The molecule has 1 amide bonds. The van der Waals surface area contributed by atoms with Gasteiger partial charge in [0.1, 0.15) is 23.8 Å². The van der Waals surface area contributed by atoms with Crippen LogP contribution in [0.1, 0.15) is 39.2 Å². The third kappa shape index (κ3) is 5.19. The van der Waals surface area contributed by atoms with Crippen molar-refractivity contribution in [1.29, 1.82) is 0 Å². The highest BCUT2D eigenvalue weighted by Gasteiger charge is 2.30. The minimum Gasteiger partial charge on any atom is -0.479 e. The molecule has 0 aromatic carbocycles. The number of anilines is 3. The van der Waals surface area contributed by atoms with E-state index in [1.54, 1.807) is 25.1 Å². The van der Waals surface area contributed by atoms with Crippen LogP contribution >= 0.6 is 0 Å². The third-order valence-corrected chi connectivity index (χ3v) is 4.76. The molecule has 34 heavy (non-hydrogen) atoms. The molecule has 11 heteroatoms. The monoisotopic (exact) mass is 470 g/mol. The molecule has 0 atom stereocenters. The molecular formula is C23H24F2N6O3. The van der Waals surface area contributed by atoms with E-state index in [1.165, 1.54) is 19.2 Å². The molecule has 9 nitrogen and oxygen atoms in total. The van der Waals surface area contributed by atoms with Gasteiger partial charge in [0.05, 0.1) is 11.4 Å². The molecule has 3 aromatic heterocycles. The van der Waals surface area contributed by atoms with Crippen LogP contribution in [-0.4, -0.2) is 38.1 Å². The number of halogens is 2. The topological polar surface area (TPSA) is 111 Å². The first-order chi connectivity index (χ1) is 15.9. The standard InChI is InChI=1S/C23H24F2N6O3/c1-12-8-19(31-21(27-12)23(5,24)25)29-16-9-18(28-13(2)32)26-10-14(16)15-6-7-17-20(30-15)33-11-22(3,4)34-17/h6-10H,11H2,1-5H3,(H2,26,27,28,29,31,32). The van der Waals surface area contributed by atoms with Crippen LogP contribution in [0.4, 0.5) is 26.1 Å². The highest BCUT2D eigenvalue weighted by molar-refractivity contribution is 5.89. The maximum absolute atomic E-state index is 13.9. The van der Waals surface area contributed by atoms with Crippen LogP contribution in [0, 0.1) is 6.92 Å². The number of amides is 1. The fourth-order valence-corrected chi connectivity index (χ4v) is 3.31. The van der Waals surface area contributed by atoms with Gasteiger partial charge in [0.25, 0.3) is 5.88 Å². The zero-order chi connectivity index (χ0) is 24.7. The molecule has 0 saturated carbocycles. The Bertz CT molecular complexity index is 1260. The van der Waals surface area contributed by atoms with E-state index in [1.807, 2.05) is 13.8 Å². The minimum absolute atomic E-state index is 0.157. The lowest BCUT2D eigenvalue weighted by molar-refractivity contribution is -0.114. The fourth-order valence-electron chi connectivity index (χ4n) is 3.31. The van der Waals surface area contributed by atoms with E-state index in [0.29, 0.717) is 40.9 Å². The number of aromatic nitrogens is 4. The number of carbonyl (C=O) groups is 1. The molecule has 178 valence electrons. The predicted molar refractivity (Wildman–Crippen MR) is 122 cm³/mol. The second-order valence-electron chi connectivity index (χ2n) is 8.68. The van der Waals surface area contributed by atoms with E-state index in [0.717, 1.165) is 6.92 Å². The summed E-state index contributed by atoms with van der Waals surface area (Å²) in [6.45, 7) is 7.84. The van der Waals surface area contributed by atoms with Gasteiger partial charge >= 0.3 is 5.92 Å². The average molecular weight is 470 g/mol. The largest absolute Gasteiger partial charge is 0.479 e. The molecule has 0 unspecified atom stereocenters. The minimum atomic E-state index is -3.21. The van der Waals surface area contributed by atoms with Crippen molar-refractivity contribution in [2.45, 2.75) is 46.1 Å². The highest BCUT2D eigenvalue weighted by atomic mass is 19.3. The molecule has 1 aliphatic rings. The summed E-state index contributed by atoms with van der Waals surface area (Å²) < 4.78 is 39.4. The zero-order valence-electron chi connectivity index (χ0n) is 19.4. The lowest BCUT2D eigenvalue weighted by Crippen LogP contribution is -2.39. The van der Waals surface area contributed by atoms with Gasteiger partial charge in [-0.05, 0) is 32.9 Å². The van der Waals surface area contributed by atoms with Gasteiger partial charge in [-0.1, -0.05) is 0 Å². The van der Waals surface area contributed by atoms with Gasteiger partial charge in [0.15, 0.2) is 5.75 Å². The van der Waals surface area contributed by atoms with Crippen LogP contribution in [0.5, 0.6) is 11.6 Å². The molecule has 0 bridgehead atoms. The number of fused-ring (bicyclic) bond motifs is 1. The van der Waals surface area contributed by atoms with E-state index in [9.17, 15) is 13.6 Å². The van der Waals surface area contributed by atoms with Crippen molar-refractivity contribution in [3.05, 3.63) is 42.0 Å². The van der Waals surface area contributed by atoms with Crippen molar-refractivity contribution in [2.24, 2.45) is 0 Å². The first kappa shape index (κ1) is 23.3. The molecular weight excluding hydrogens is 446 g/mol. The highest BCUT2D eigenvalue weighted by Crippen LogP contribution is 2.38. The van der Waals surface area contributed by atoms with Crippen molar-refractivity contribution in [3.63, 3.8) is 0 Å². The molecule has 3 aromatic rings. The number of hydrogen-bond acceptors (Lipinski definition) is 8. The van der Waals surface area contributed by atoms with E-state index >= 15 is 0 Å². The maximum atomic E-state index is 13.9. The lowest BCUT2D eigenvalue weighted by Gasteiger charge is -2.31. The molecule has 4 heterocycles. The van der Waals surface area contributed by atoms with Crippen molar-refractivity contribution < 1.29 is 23.0 Å². The van der Waals surface area contributed by atoms with Crippen molar-refractivity contribution >= 4 is 23.2 Å². The normalized spacial score (nSPS) is 14.4. The molecule has 0 fully saturated rings. The van der Waals surface area contributed by atoms with Crippen LogP contribution in [0.15, 0.2) is 30.5 Å². The smallest absolute Gasteiger partial charge is 0.303 e. The number of hydrogen-bond donors (Lipinski definition) is 2. The van der Waals surface area contributed by atoms with Gasteiger partial charge < -0.3 is 20.1 Å². The molecule has 0 radical (unpaired) electrons. The number of nitrogens with one attached hydrogen (secondary N) is 2. The van der Waals surface area contributed by atoms with Crippen LogP contribution in [-0.2, 0) is 10.7 Å². The molecule has 0 spiro atoms. The van der Waals surface area contributed by atoms with Gasteiger partial charge in [-0.3, -0.25) is 4.79 Å². The molecule has 4 rings (SSSR count). The number of alkyl halides is 2. The quantitative estimate of drug-likeness (QED) is 0.556. The lowest BCUT2D eigenvalue weighted by atomic mass is 10.1. The maximum Gasteiger partial charge on any atom is 0.303 e. The summed E-state index contributed by atoms with van der Waals surface area (Å²) in [4.78, 5) is 28.1. The van der Waals surface area contributed by atoms with E-state index in [-0.39, 0.29) is 17.5 Å². The van der Waals surface area contributed by atoms with Crippen LogP contribution in [0.3, 0.4) is 0 Å². The van der Waals surface area contributed by atoms with Crippen LogP contribution < -0.4 is 20.1 Å². The Morgan fingerprint density at radius 2 is 1.91 bits per heavy atom. The Morgan fingerprint density at radius 1 is 1.15 bits per heavy atom. The Hall–Kier alpha value is -3.89. The van der Waals surface area contributed by atoms with Crippen molar-refractivity contribution in [3.8, 4) is 22.9 Å². The SMILES string of the molecule is CC(=O)Nc1cc(Nc2cc(C)nc(C(C)(F)F)n2)c(-c2ccc3c(n2)OCC(C)(C)O3)cn1. The third-order valence-electron chi connectivity index (χ3n) is 4.76. The number of ether oxygens (including phenoxy) is 2. The van der Waals surface area contributed by atoms with Crippen molar-refractivity contribution in [2.75, 3.05) is 17.2 Å². The summed E-state index contributed by atoms with van der Waals surface area (Å²) in [6, 6.07) is 6.59. The van der Waals surface area contributed by atoms with Gasteiger partial charge in [-0.15, -0.1) is 0 Å². The fraction of sp³-hybridized carbons (Fsp3) is 0.348. The summed E-state index contributed by atoms with van der Waals surface area (Å²) in [5.41, 5.74) is 1.36. The number of carbonyl (C=O) groups excluding carboxylic acids is 1. The first-order valence-corrected chi connectivity index (χ1v) is 10.5. The van der Waals surface area contributed by atoms with E-state index < -0.39 is 17.3 Å². The van der Waals surface area contributed by atoms with Gasteiger partial charge in [0.2, 0.25) is 11.7 Å². The van der Waals surface area contributed by atoms with Gasteiger partial charge in [0, 0.05) is 43.4 Å². The van der Waals surface area contributed by atoms with Gasteiger partial charge in [-0.25, -0.2) is 19.9 Å². The summed E-state index contributed by atoms with van der Waals surface area (Å²) >= 11 is 0. The van der Waals surface area contributed by atoms with Gasteiger partial charge in [-0.2, -0.15) is 8.78 Å². The predicted octanol–water partition coefficient (Wildman–Crippen LogP) is 4.61. The van der Waals surface area contributed by atoms with E-state index in [4.69, 9.17) is 9.47 Å². The van der Waals surface area contributed by atoms with Crippen LogP contribution in [0.2, 0.25) is 0 Å². The Morgan fingerprint density at radius 3 is 2.62 bits per heavy atom. The average Bonchev–Trinajstić information content (AvgIpc) is 2.72.